The zero-order valence-electron chi connectivity index (χ0n) is 11.9. The van der Waals surface area contributed by atoms with Crippen molar-refractivity contribution in [2.45, 2.75) is 44.9 Å². The van der Waals surface area contributed by atoms with Crippen molar-refractivity contribution >= 4 is 17.4 Å². The number of hydrogen-bond acceptors (Lipinski definition) is 3. The number of rotatable bonds is 7. The van der Waals surface area contributed by atoms with Crippen LogP contribution in [-0.4, -0.2) is 30.3 Å². The lowest BCUT2D eigenvalue weighted by atomic mass is 10.3. The molecule has 0 saturated heterocycles. The Morgan fingerprint density at radius 2 is 2.10 bits per heavy atom. The van der Waals surface area contributed by atoms with Crippen molar-refractivity contribution in [2.75, 3.05) is 18.0 Å². The van der Waals surface area contributed by atoms with Crippen LogP contribution in [0.4, 0.5) is 19.0 Å². The summed E-state index contributed by atoms with van der Waals surface area (Å²) in [4.78, 5) is 5.55. The number of nitrogens with zero attached hydrogens (tertiary/aromatic N) is 2. The minimum Gasteiger partial charge on any atom is -0.348 e. The van der Waals surface area contributed by atoms with Crippen LogP contribution < -0.4 is 10.2 Å². The van der Waals surface area contributed by atoms with Crippen LogP contribution in [0, 0.1) is 0 Å². The van der Waals surface area contributed by atoms with Crippen molar-refractivity contribution < 1.29 is 13.2 Å². The summed E-state index contributed by atoms with van der Waals surface area (Å²) in [7, 11) is 0. The van der Waals surface area contributed by atoms with Gasteiger partial charge in [-0.15, -0.1) is 0 Å². The molecule has 7 heteroatoms. The topological polar surface area (TPSA) is 28.2 Å². The Kier molecular flexibility index (Phi) is 5.32. The van der Waals surface area contributed by atoms with Crippen LogP contribution in [0.2, 0.25) is 5.02 Å². The Labute approximate surface area is 127 Å². The van der Waals surface area contributed by atoms with E-state index in [0.29, 0.717) is 42.1 Å². The van der Waals surface area contributed by atoms with Gasteiger partial charge in [-0.05, 0) is 31.4 Å². The largest absolute Gasteiger partial charge is 0.405 e. The number of aromatic nitrogens is 1. The predicted molar refractivity (Wildman–Crippen MR) is 77.7 cm³/mol. The SMILES string of the molecule is CCCN(CC(F)(F)F)c1ccc(Cl)c(CNC2CC2)n1. The molecule has 0 bridgehead atoms. The molecule has 118 valence electrons. The summed E-state index contributed by atoms with van der Waals surface area (Å²) >= 11 is 6.07. The smallest absolute Gasteiger partial charge is 0.348 e. The van der Waals surface area contributed by atoms with Gasteiger partial charge >= 0.3 is 6.18 Å². The van der Waals surface area contributed by atoms with Gasteiger partial charge in [0.15, 0.2) is 0 Å². The first kappa shape index (κ1) is 16.4. The highest BCUT2D eigenvalue weighted by Gasteiger charge is 2.31. The summed E-state index contributed by atoms with van der Waals surface area (Å²) in [5.41, 5.74) is 0.601. The minimum atomic E-state index is -4.25. The summed E-state index contributed by atoms with van der Waals surface area (Å²) in [6.45, 7) is 1.65. The van der Waals surface area contributed by atoms with Gasteiger partial charge in [-0.1, -0.05) is 18.5 Å². The van der Waals surface area contributed by atoms with Gasteiger partial charge in [0.05, 0.1) is 10.7 Å². The van der Waals surface area contributed by atoms with Crippen molar-refractivity contribution in [1.29, 1.82) is 0 Å². The summed E-state index contributed by atoms with van der Waals surface area (Å²) < 4.78 is 37.9. The number of anilines is 1. The van der Waals surface area contributed by atoms with E-state index in [9.17, 15) is 13.2 Å². The fraction of sp³-hybridized carbons (Fsp3) is 0.643. The summed E-state index contributed by atoms with van der Waals surface area (Å²) in [5.74, 6) is 0.325. The van der Waals surface area contributed by atoms with Gasteiger partial charge in [-0.3, -0.25) is 0 Å². The maximum atomic E-state index is 12.6. The summed E-state index contributed by atoms with van der Waals surface area (Å²) in [6.07, 6.45) is -1.36. The van der Waals surface area contributed by atoms with E-state index in [4.69, 9.17) is 11.6 Å². The van der Waals surface area contributed by atoms with Gasteiger partial charge in [-0.2, -0.15) is 13.2 Å². The monoisotopic (exact) mass is 321 g/mol. The third kappa shape index (κ3) is 5.36. The van der Waals surface area contributed by atoms with Gasteiger partial charge in [0.1, 0.15) is 12.4 Å². The molecule has 0 amide bonds. The Bertz CT molecular complexity index is 475. The Morgan fingerprint density at radius 1 is 1.38 bits per heavy atom. The Balaban J connectivity index is 2.12. The van der Waals surface area contributed by atoms with Crippen molar-refractivity contribution in [3.8, 4) is 0 Å². The fourth-order valence-electron chi connectivity index (χ4n) is 2.06. The van der Waals surface area contributed by atoms with Gasteiger partial charge in [0.2, 0.25) is 0 Å². The molecule has 3 nitrogen and oxygen atoms in total. The second-order valence-corrected chi connectivity index (χ2v) is 5.70. The predicted octanol–water partition coefficient (Wildman–Crippen LogP) is 3.77. The van der Waals surface area contributed by atoms with Crippen LogP contribution >= 0.6 is 11.6 Å². The minimum absolute atomic E-state index is 0.309. The summed E-state index contributed by atoms with van der Waals surface area (Å²) in [6, 6.07) is 3.66. The van der Waals surface area contributed by atoms with Crippen LogP contribution in [0.5, 0.6) is 0 Å². The molecule has 1 N–H and O–H groups in total. The molecule has 0 aliphatic heterocycles. The van der Waals surface area contributed by atoms with E-state index in [2.05, 4.69) is 10.3 Å². The average Bonchev–Trinajstić information content (AvgIpc) is 3.20. The highest BCUT2D eigenvalue weighted by atomic mass is 35.5. The molecule has 0 unspecified atom stereocenters. The van der Waals surface area contributed by atoms with Crippen LogP contribution in [-0.2, 0) is 6.54 Å². The molecule has 0 spiro atoms. The van der Waals surface area contributed by atoms with E-state index in [1.165, 1.54) is 4.90 Å². The van der Waals surface area contributed by atoms with Crippen LogP contribution in [0.3, 0.4) is 0 Å². The first-order valence-electron chi connectivity index (χ1n) is 7.09. The molecule has 0 aromatic carbocycles. The molecule has 1 aliphatic carbocycles. The number of halogens is 4. The molecule has 1 aromatic rings. The lowest BCUT2D eigenvalue weighted by Gasteiger charge is -2.25. The second kappa shape index (κ2) is 6.83. The number of nitrogens with one attached hydrogen (secondary N) is 1. The molecule has 2 rings (SSSR count). The van der Waals surface area contributed by atoms with Crippen molar-refractivity contribution in [3.05, 3.63) is 22.8 Å². The maximum absolute atomic E-state index is 12.6. The first-order valence-corrected chi connectivity index (χ1v) is 7.47. The summed E-state index contributed by atoms with van der Waals surface area (Å²) in [5, 5.41) is 3.75. The lowest BCUT2D eigenvalue weighted by molar-refractivity contribution is -0.119. The Hall–Kier alpha value is -1.01. The maximum Gasteiger partial charge on any atom is 0.405 e. The van der Waals surface area contributed by atoms with Crippen molar-refractivity contribution in [1.82, 2.24) is 10.3 Å². The van der Waals surface area contributed by atoms with Crippen LogP contribution in [0.25, 0.3) is 0 Å². The Morgan fingerprint density at radius 3 is 2.67 bits per heavy atom. The molecule has 1 aliphatic rings. The third-order valence-corrected chi connectivity index (χ3v) is 3.57. The van der Waals surface area contributed by atoms with E-state index in [0.717, 1.165) is 12.8 Å². The first-order chi connectivity index (χ1) is 9.89. The van der Waals surface area contributed by atoms with Gasteiger partial charge < -0.3 is 10.2 Å². The number of pyridine rings is 1. The highest BCUT2D eigenvalue weighted by Crippen LogP contribution is 2.25. The molecule has 1 aromatic heterocycles. The molecule has 0 radical (unpaired) electrons. The third-order valence-electron chi connectivity index (χ3n) is 3.23. The van der Waals surface area contributed by atoms with Crippen LogP contribution in [0.15, 0.2) is 12.1 Å². The fourth-order valence-corrected chi connectivity index (χ4v) is 2.23. The van der Waals surface area contributed by atoms with E-state index in [1.54, 1.807) is 12.1 Å². The number of hydrogen-bond donors (Lipinski definition) is 1. The van der Waals surface area contributed by atoms with Crippen LogP contribution in [0.1, 0.15) is 31.9 Å². The molecule has 1 saturated carbocycles. The zero-order valence-corrected chi connectivity index (χ0v) is 12.6. The van der Waals surface area contributed by atoms with E-state index < -0.39 is 12.7 Å². The molecule has 21 heavy (non-hydrogen) atoms. The molecular formula is C14H19ClF3N3. The molecule has 1 fully saturated rings. The number of alkyl halides is 3. The average molecular weight is 322 g/mol. The van der Waals surface area contributed by atoms with E-state index >= 15 is 0 Å². The quantitative estimate of drug-likeness (QED) is 0.828. The van der Waals surface area contributed by atoms with Gasteiger partial charge in [0, 0.05) is 19.1 Å². The van der Waals surface area contributed by atoms with Gasteiger partial charge in [-0.25, -0.2) is 4.98 Å². The molecule has 1 heterocycles. The standard InChI is InChI=1S/C14H19ClF3N3/c1-2-7-21(9-14(16,17)18)13-6-5-11(15)12(20-13)8-19-10-3-4-10/h5-6,10,19H,2-4,7-9H2,1H3. The normalized spacial score (nSPS) is 15.3. The lowest BCUT2D eigenvalue weighted by Crippen LogP contribution is -2.35. The zero-order chi connectivity index (χ0) is 15.5. The highest BCUT2D eigenvalue weighted by molar-refractivity contribution is 6.31. The van der Waals surface area contributed by atoms with Gasteiger partial charge in [0.25, 0.3) is 0 Å². The van der Waals surface area contributed by atoms with Crippen molar-refractivity contribution in [2.24, 2.45) is 0 Å². The van der Waals surface area contributed by atoms with Crippen molar-refractivity contribution in [3.63, 3.8) is 0 Å². The molecular weight excluding hydrogens is 303 g/mol. The molecule has 0 atom stereocenters. The second-order valence-electron chi connectivity index (χ2n) is 5.29. The van der Waals surface area contributed by atoms with E-state index in [1.807, 2.05) is 6.92 Å². The van der Waals surface area contributed by atoms with E-state index in [-0.39, 0.29) is 0 Å².